The highest BCUT2D eigenvalue weighted by atomic mass is 16.6. The molecule has 1 aromatic carbocycles. The van der Waals surface area contributed by atoms with Gasteiger partial charge in [0.05, 0.1) is 4.92 Å². The van der Waals surface area contributed by atoms with Crippen molar-refractivity contribution in [1.82, 2.24) is 5.32 Å². The van der Waals surface area contributed by atoms with E-state index in [4.69, 9.17) is 0 Å². The summed E-state index contributed by atoms with van der Waals surface area (Å²) in [6.07, 6.45) is 1.11. The van der Waals surface area contributed by atoms with Gasteiger partial charge < -0.3 is 5.32 Å². The van der Waals surface area contributed by atoms with Crippen LogP contribution in [0.2, 0.25) is 0 Å². The molecule has 0 heterocycles. The van der Waals surface area contributed by atoms with Crippen LogP contribution in [0.25, 0.3) is 0 Å². The average molecular weight is 250 g/mol. The van der Waals surface area contributed by atoms with Gasteiger partial charge in [-0.05, 0) is 24.3 Å². The summed E-state index contributed by atoms with van der Waals surface area (Å²) >= 11 is 0. The van der Waals surface area contributed by atoms with Gasteiger partial charge >= 0.3 is 0 Å². The molecule has 0 aromatic heterocycles. The molecular formula is C14H22N2O2. The Kier molecular flexibility index (Phi) is 4.84. The zero-order valence-electron chi connectivity index (χ0n) is 11.6. The number of nitro benzene ring substituents is 1. The quantitative estimate of drug-likeness (QED) is 0.621. The van der Waals surface area contributed by atoms with E-state index in [0.717, 1.165) is 18.5 Å². The molecule has 4 heteroatoms. The highest BCUT2D eigenvalue weighted by Crippen LogP contribution is 2.20. The Labute approximate surface area is 109 Å². The van der Waals surface area contributed by atoms with Gasteiger partial charge in [0.1, 0.15) is 0 Å². The lowest BCUT2D eigenvalue weighted by Crippen LogP contribution is -2.28. The van der Waals surface area contributed by atoms with Crippen molar-refractivity contribution in [2.45, 2.75) is 40.7 Å². The van der Waals surface area contributed by atoms with Gasteiger partial charge in [-0.25, -0.2) is 0 Å². The summed E-state index contributed by atoms with van der Waals surface area (Å²) in [4.78, 5) is 10.5. The summed E-state index contributed by atoms with van der Waals surface area (Å²) in [7, 11) is 0. The van der Waals surface area contributed by atoms with Crippen molar-refractivity contribution in [3.63, 3.8) is 0 Å². The first kappa shape index (κ1) is 14.6. The fraction of sp³-hybridized carbons (Fsp3) is 0.571. The number of nitrogens with zero attached hydrogens (tertiary/aromatic N) is 1. The maximum Gasteiger partial charge on any atom is 0.272 e. The molecule has 0 saturated carbocycles. The van der Waals surface area contributed by atoms with Crippen LogP contribution in [0.15, 0.2) is 18.2 Å². The molecule has 1 rings (SSSR count). The van der Waals surface area contributed by atoms with Crippen LogP contribution < -0.4 is 5.32 Å². The minimum Gasteiger partial charge on any atom is -0.312 e. The molecule has 0 fully saturated rings. The van der Waals surface area contributed by atoms with Gasteiger partial charge in [0.25, 0.3) is 5.69 Å². The van der Waals surface area contributed by atoms with Crippen LogP contribution in [0.5, 0.6) is 0 Å². The van der Waals surface area contributed by atoms with E-state index in [-0.39, 0.29) is 16.0 Å². The minimum absolute atomic E-state index is 0.198. The van der Waals surface area contributed by atoms with Crippen LogP contribution in [0.4, 0.5) is 5.69 Å². The smallest absolute Gasteiger partial charge is 0.272 e. The fourth-order valence-corrected chi connectivity index (χ4v) is 1.63. The summed E-state index contributed by atoms with van der Waals surface area (Å²) < 4.78 is 0. The maximum absolute atomic E-state index is 10.8. The van der Waals surface area contributed by atoms with Gasteiger partial charge in [0, 0.05) is 24.7 Å². The Balaban J connectivity index is 2.64. The fourth-order valence-electron chi connectivity index (χ4n) is 1.63. The van der Waals surface area contributed by atoms with E-state index in [1.54, 1.807) is 19.1 Å². The van der Waals surface area contributed by atoms with Crippen molar-refractivity contribution in [2.24, 2.45) is 5.41 Å². The molecule has 4 nitrogen and oxygen atoms in total. The van der Waals surface area contributed by atoms with E-state index in [1.807, 2.05) is 6.07 Å². The minimum atomic E-state index is -0.325. The third-order valence-electron chi connectivity index (χ3n) is 3.36. The number of aryl methyl sites for hydroxylation is 1. The molecule has 0 radical (unpaired) electrons. The van der Waals surface area contributed by atoms with Crippen LogP contribution in [-0.2, 0) is 6.54 Å². The zero-order valence-corrected chi connectivity index (χ0v) is 11.6. The van der Waals surface area contributed by atoms with Crippen molar-refractivity contribution >= 4 is 5.69 Å². The maximum atomic E-state index is 10.8. The predicted molar refractivity (Wildman–Crippen MR) is 73.6 cm³/mol. The normalized spacial score (nSPS) is 11.6. The second-order valence-corrected chi connectivity index (χ2v) is 5.50. The molecule has 0 aliphatic rings. The van der Waals surface area contributed by atoms with Crippen molar-refractivity contribution in [3.8, 4) is 0 Å². The largest absolute Gasteiger partial charge is 0.312 e. The average Bonchev–Trinajstić information content (AvgIpc) is 2.31. The lowest BCUT2D eigenvalue weighted by Gasteiger charge is -2.22. The molecule has 0 aliphatic carbocycles. The first-order valence-corrected chi connectivity index (χ1v) is 6.30. The van der Waals surface area contributed by atoms with Gasteiger partial charge in [-0.1, -0.05) is 32.9 Å². The number of benzene rings is 1. The van der Waals surface area contributed by atoms with Crippen molar-refractivity contribution in [2.75, 3.05) is 6.54 Å². The third kappa shape index (κ3) is 4.11. The highest BCUT2D eigenvalue weighted by Gasteiger charge is 2.15. The second kappa shape index (κ2) is 5.96. The Morgan fingerprint density at radius 1 is 1.39 bits per heavy atom. The Hall–Kier alpha value is -1.42. The summed E-state index contributed by atoms with van der Waals surface area (Å²) in [5.74, 6) is 0. The van der Waals surface area contributed by atoms with E-state index < -0.39 is 0 Å². The standard InChI is InChI=1S/C14H22N2O2/c1-5-14(3,4)10-15-9-12-7-6-11(2)13(8-12)16(17)18/h6-8,15H,5,9-10H2,1-4H3. The van der Waals surface area contributed by atoms with Crippen molar-refractivity contribution in [1.29, 1.82) is 0 Å². The molecule has 18 heavy (non-hydrogen) atoms. The van der Waals surface area contributed by atoms with Crippen LogP contribution in [0, 0.1) is 22.5 Å². The number of hydrogen-bond donors (Lipinski definition) is 1. The van der Waals surface area contributed by atoms with E-state index in [0.29, 0.717) is 12.1 Å². The molecule has 0 unspecified atom stereocenters. The van der Waals surface area contributed by atoms with E-state index >= 15 is 0 Å². The van der Waals surface area contributed by atoms with Gasteiger partial charge in [-0.3, -0.25) is 10.1 Å². The van der Waals surface area contributed by atoms with Gasteiger partial charge in [0.2, 0.25) is 0 Å². The molecular weight excluding hydrogens is 228 g/mol. The molecule has 0 spiro atoms. The molecule has 0 amide bonds. The SMILES string of the molecule is CCC(C)(C)CNCc1ccc(C)c([N+](=O)[O-])c1. The molecule has 0 saturated heterocycles. The lowest BCUT2D eigenvalue weighted by atomic mass is 9.90. The molecule has 1 N–H and O–H groups in total. The monoisotopic (exact) mass is 250 g/mol. The van der Waals surface area contributed by atoms with Crippen LogP contribution in [0.1, 0.15) is 38.3 Å². The first-order valence-electron chi connectivity index (χ1n) is 6.30. The molecule has 0 aliphatic heterocycles. The molecule has 0 bridgehead atoms. The van der Waals surface area contributed by atoms with Crippen LogP contribution in [0.3, 0.4) is 0 Å². The third-order valence-corrected chi connectivity index (χ3v) is 3.36. The van der Waals surface area contributed by atoms with Crippen molar-refractivity contribution in [3.05, 3.63) is 39.4 Å². The summed E-state index contributed by atoms with van der Waals surface area (Å²) in [6, 6.07) is 5.40. The number of nitro groups is 1. The van der Waals surface area contributed by atoms with Crippen LogP contribution >= 0.6 is 0 Å². The molecule has 0 atom stereocenters. The Morgan fingerprint density at radius 3 is 2.61 bits per heavy atom. The van der Waals surface area contributed by atoms with E-state index in [2.05, 4.69) is 26.1 Å². The molecule has 100 valence electrons. The Morgan fingerprint density at radius 2 is 2.06 bits per heavy atom. The second-order valence-electron chi connectivity index (χ2n) is 5.50. The summed E-state index contributed by atoms with van der Waals surface area (Å²) in [6.45, 7) is 9.92. The van der Waals surface area contributed by atoms with Gasteiger partial charge in [-0.2, -0.15) is 0 Å². The predicted octanol–water partition coefficient (Wildman–Crippen LogP) is 3.43. The topological polar surface area (TPSA) is 55.2 Å². The first-order chi connectivity index (χ1) is 8.35. The number of nitrogens with one attached hydrogen (secondary N) is 1. The summed E-state index contributed by atoms with van der Waals surface area (Å²) in [5.41, 5.74) is 2.12. The highest BCUT2D eigenvalue weighted by molar-refractivity contribution is 5.42. The molecule has 1 aromatic rings. The summed E-state index contributed by atoms with van der Waals surface area (Å²) in [5, 5.41) is 14.2. The van der Waals surface area contributed by atoms with Gasteiger partial charge in [-0.15, -0.1) is 0 Å². The number of hydrogen-bond acceptors (Lipinski definition) is 3. The van der Waals surface area contributed by atoms with Gasteiger partial charge in [0.15, 0.2) is 0 Å². The van der Waals surface area contributed by atoms with Crippen LogP contribution in [-0.4, -0.2) is 11.5 Å². The zero-order chi connectivity index (χ0) is 13.8. The lowest BCUT2D eigenvalue weighted by molar-refractivity contribution is -0.385. The van der Waals surface area contributed by atoms with E-state index in [1.165, 1.54) is 0 Å². The van der Waals surface area contributed by atoms with Crippen molar-refractivity contribution < 1.29 is 4.92 Å². The number of rotatable bonds is 6. The Bertz CT molecular complexity index is 428. The van der Waals surface area contributed by atoms with E-state index in [9.17, 15) is 10.1 Å².